The Morgan fingerprint density at radius 3 is 3.12 bits per heavy atom. The highest BCUT2D eigenvalue weighted by Gasteiger charge is 1.91. The average molecular weight is 107 g/mol. The molecule has 0 aromatic carbocycles. The van der Waals surface area contributed by atoms with Gasteiger partial charge in [-0.25, -0.2) is 0 Å². The molecule has 0 bridgehead atoms. The minimum atomic E-state index is 1.00. The van der Waals surface area contributed by atoms with Crippen molar-refractivity contribution in [3.8, 4) is 0 Å². The van der Waals surface area contributed by atoms with Crippen molar-refractivity contribution in [3.05, 3.63) is 23.9 Å². The van der Waals surface area contributed by atoms with Crippen LogP contribution >= 0.6 is 0 Å². The molecule has 42 valence electrons. The third-order valence-electron chi connectivity index (χ3n) is 1.05. The first kappa shape index (κ1) is 5.29. The highest BCUT2D eigenvalue weighted by Crippen LogP contribution is 2.06. The van der Waals surface area contributed by atoms with Crippen LogP contribution in [0, 0.1) is 0 Å². The van der Waals surface area contributed by atoms with E-state index in [9.17, 15) is 0 Å². The van der Waals surface area contributed by atoms with Gasteiger partial charge in [-0.1, -0.05) is 12.2 Å². The molecule has 1 aliphatic heterocycles. The first-order chi connectivity index (χ1) is 3.93. The van der Waals surface area contributed by atoms with Crippen molar-refractivity contribution >= 4 is 6.21 Å². The van der Waals surface area contributed by atoms with Gasteiger partial charge in [0.25, 0.3) is 0 Å². The van der Waals surface area contributed by atoms with E-state index >= 15 is 0 Å². The zero-order valence-corrected chi connectivity index (χ0v) is 4.96. The Balaban J connectivity index is 2.51. The Labute approximate surface area is 49.4 Å². The van der Waals surface area contributed by atoms with Gasteiger partial charge in [0.05, 0.1) is 0 Å². The maximum Gasteiger partial charge on any atom is 0.0299 e. The van der Waals surface area contributed by atoms with E-state index in [1.54, 1.807) is 0 Å². The summed E-state index contributed by atoms with van der Waals surface area (Å²) in [6.07, 6.45) is 8.91. The third kappa shape index (κ3) is 1.06. The fourth-order valence-electron chi connectivity index (χ4n) is 0.684. The van der Waals surface area contributed by atoms with Gasteiger partial charge in [0, 0.05) is 18.8 Å². The van der Waals surface area contributed by atoms with Crippen LogP contribution in [0.5, 0.6) is 0 Å². The van der Waals surface area contributed by atoms with E-state index in [1.165, 1.54) is 5.57 Å². The summed E-state index contributed by atoms with van der Waals surface area (Å²) in [5.74, 6) is 0. The van der Waals surface area contributed by atoms with Crippen LogP contribution in [0.1, 0.15) is 13.3 Å². The number of hydrogen-bond donors (Lipinski definition) is 0. The normalized spacial score (nSPS) is 17.9. The molecule has 1 heteroatoms. The molecule has 8 heavy (non-hydrogen) atoms. The zero-order chi connectivity index (χ0) is 5.82. The lowest BCUT2D eigenvalue weighted by Crippen LogP contribution is -1.69. The van der Waals surface area contributed by atoms with Crippen LogP contribution < -0.4 is 0 Å². The zero-order valence-electron chi connectivity index (χ0n) is 4.96. The third-order valence-corrected chi connectivity index (χ3v) is 1.05. The fraction of sp³-hybridized carbons (Fsp3) is 0.286. The first-order valence-electron chi connectivity index (χ1n) is 2.77. The van der Waals surface area contributed by atoms with Gasteiger partial charge in [-0.05, 0) is 12.5 Å². The molecule has 0 fully saturated rings. The quantitative estimate of drug-likeness (QED) is 0.485. The molecule has 1 heterocycles. The van der Waals surface area contributed by atoms with Crippen LogP contribution in [-0.4, -0.2) is 6.21 Å². The van der Waals surface area contributed by atoms with Crippen molar-refractivity contribution in [2.75, 3.05) is 0 Å². The minimum Gasteiger partial charge on any atom is -0.268 e. The van der Waals surface area contributed by atoms with Crippen molar-refractivity contribution in [1.82, 2.24) is 0 Å². The molecule has 0 amide bonds. The van der Waals surface area contributed by atoms with Gasteiger partial charge >= 0.3 is 0 Å². The minimum absolute atomic E-state index is 1.00. The molecule has 0 aliphatic carbocycles. The maximum atomic E-state index is 3.95. The number of nitrogens with zero attached hydrogens (tertiary/aromatic N) is 1. The van der Waals surface area contributed by atoms with Gasteiger partial charge in [0.15, 0.2) is 0 Å². The Morgan fingerprint density at radius 1 is 1.75 bits per heavy atom. The fourth-order valence-corrected chi connectivity index (χ4v) is 0.684. The Hall–Kier alpha value is -0.850. The van der Waals surface area contributed by atoms with Crippen molar-refractivity contribution in [3.63, 3.8) is 0 Å². The first-order valence-corrected chi connectivity index (χ1v) is 2.77. The molecule has 0 saturated carbocycles. The van der Waals surface area contributed by atoms with Gasteiger partial charge in [0.1, 0.15) is 0 Å². The maximum absolute atomic E-state index is 3.95. The average Bonchev–Trinajstić information content (AvgIpc) is 2.19. The van der Waals surface area contributed by atoms with Crippen LogP contribution in [0.25, 0.3) is 0 Å². The van der Waals surface area contributed by atoms with E-state index in [2.05, 4.69) is 11.1 Å². The lowest BCUT2D eigenvalue weighted by molar-refractivity contribution is 1.42. The predicted molar refractivity (Wildman–Crippen MR) is 36.0 cm³/mol. The largest absolute Gasteiger partial charge is 0.268 e. The van der Waals surface area contributed by atoms with Gasteiger partial charge in [-0.3, -0.25) is 4.99 Å². The van der Waals surface area contributed by atoms with Crippen LogP contribution in [0.3, 0.4) is 0 Å². The lowest BCUT2D eigenvalue weighted by Gasteiger charge is -1.83. The van der Waals surface area contributed by atoms with Crippen LogP contribution in [0.2, 0.25) is 0 Å². The van der Waals surface area contributed by atoms with Crippen LogP contribution in [0.4, 0.5) is 0 Å². The molecule has 0 unspecified atom stereocenters. The predicted octanol–water partition coefficient (Wildman–Crippen LogP) is 1.92. The molecule has 0 spiro atoms. The Bertz CT molecular complexity index is 152. The van der Waals surface area contributed by atoms with E-state index in [1.807, 2.05) is 25.4 Å². The molecule has 0 atom stereocenters. The summed E-state index contributed by atoms with van der Waals surface area (Å²) >= 11 is 0. The van der Waals surface area contributed by atoms with E-state index < -0.39 is 0 Å². The second kappa shape index (κ2) is 2.46. The molecule has 1 aliphatic rings. The summed E-state index contributed by atoms with van der Waals surface area (Å²) in [5, 5.41) is 0. The van der Waals surface area contributed by atoms with E-state index in [0.717, 1.165) is 6.42 Å². The van der Waals surface area contributed by atoms with Gasteiger partial charge in [0.2, 0.25) is 0 Å². The molecule has 0 saturated heterocycles. The lowest BCUT2D eigenvalue weighted by atomic mass is 10.2. The molecule has 1 rings (SSSR count). The second-order valence-corrected chi connectivity index (χ2v) is 1.74. The number of rotatable bonds is 1. The van der Waals surface area contributed by atoms with Crippen molar-refractivity contribution < 1.29 is 0 Å². The number of allylic oxidation sites excluding steroid dienone is 3. The Kier molecular flexibility index (Phi) is 1.62. The second-order valence-electron chi connectivity index (χ2n) is 1.74. The SMILES string of the molecule is CC=CC1=CN=CC1. The number of aliphatic imine (C=N–C) groups is 1. The van der Waals surface area contributed by atoms with E-state index in [-0.39, 0.29) is 0 Å². The molecule has 0 aromatic rings. The van der Waals surface area contributed by atoms with E-state index in [4.69, 9.17) is 0 Å². The molecule has 0 aromatic heterocycles. The van der Waals surface area contributed by atoms with Crippen molar-refractivity contribution in [2.24, 2.45) is 4.99 Å². The van der Waals surface area contributed by atoms with Gasteiger partial charge in [-0.2, -0.15) is 0 Å². The van der Waals surface area contributed by atoms with Crippen molar-refractivity contribution in [2.45, 2.75) is 13.3 Å². The summed E-state index contributed by atoms with van der Waals surface area (Å²) in [6.45, 7) is 2.01. The summed E-state index contributed by atoms with van der Waals surface area (Å²) in [4.78, 5) is 3.95. The topological polar surface area (TPSA) is 12.4 Å². The summed E-state index contributed by atoms with van der Waals surface area (Å²) in [5.41, 5.74) is 1.30. The molecule has 0 N–H and O–H groups in total. The number of hydrogen-bond acceptors (Lipinski definition) is 1. The molecular weight excluding hydrogens is 98.1 g/mol. The van der Waals surface area contributed by atoms with Crippen molar-refractivity contribution in [1.29, 1.82) is 0 Å². The summed E-state index contributed by atoms with van der Waals surface area (Å²) < 4.78 is 0. The van der Waals surface area contributed by atoms with Crippen LogP contribution in [-0.2, 0) is 0 Å². The summed E-state index contributed by atoms with van der Waals surface area (Å²) in [6, 6.07) is 0. The summed E-state index contributed by atoms with van der Waals surface area (Å²) in [7, 11) is 0. The van der Waals surface area contributed by atoms with Gasteiger partial charge in [-0.15, -0.1) is 0 Å². The highest BCUT2D eigenvalue weighted by atomic mass is 14.7. The Morgan fingerprint density at radius 2 is 2.62 bits per heavy atom. The molecular formula is C7H9N. The smallest absolute Gasteiger partial charge is 0.0299 e. The molecule has 1 nitrogen and oxygen atoms in total. The molecule has 0 radical (unpaired) electrons. The van der Waals surface area contributed by atoms with Crippen LogP contribution in [0.15, 0.2) is 28.9 Å². The van der Waals surface area contributed by atoms with Gasteiger partial charge < -0.3 is 0 Å². The monoisotopic (exact) mass is 107 g/mol. The highest BCUT2D eigenvalue weighted by molar-refractivity contribution is 5.66. The van der Waals surface area contributed by atoms with E-state index in [0.29, 0.717) is 0 Å². The standard InChI is InChI=1S/C7H9N/c1-2-3-7-4-5-8-6-7/h2-3,5-6H,4H2,1H3.